The Bertz CT molecular complexity index is 349. The number of Topliss-reactive ketones (excluding diaryl/α,β-unsaturated/α-hetero) is 1. The van der Waals surface area contributed by atoms with E-state index in [1.165, 1.54) is 6.92 Å². The summed E-state index contributed by atoms with van der Waals surface area (Å²) >= 11 is 0. The summed E-state index contributed by atoms with van der Waals surface area (Å²) in [6.45, 7) is 5.92. The van der Waals surface area contributed by atoms with Crippen molar-refractivity contribution in [2.45, 2.75) is 27.2 Å². The Morgan fingerprint density at radius 1 is 1.31 bits per heavy atom. The zero-order valence-electron chi connectivity index (χ0n) is 9.99. The fraction of sp³-hybridized carbons (Fsp3) is 0.385. The molecule has 0 atom stereocenters. The second-order valence-electron chi connectivity index (χ2n) is 2.94. The topological polar surface area (TPSA) is 50.1 Å². The number of carbonyl (C=O) groups is 1. The minimum absolute atomic E-state index is 0.110. The lowest BCUT2D eigenvalue weighted by molar-refractivity contribution is -0.117. The van der Waals surface area contributed by atoms with E-state index < -0.39 is 0 Å². The maximum absolute atomic E-state index is 10.6. The summed E-state index contributed by atoms with van der Waals surface area (Å²) in [6.07, 6.45) is 0.417. The molecule has 0 N–H and O–H groups in total. The van der Waals surface area contributed by atoms with Crippen LogP contribution in [0.15, 0.2) is 24.3 Å². The molecular formula is C13H17NO2. The van der Waals surface area contributed by atoms with Gasteiger partial charge >= 0.3 is 0 Å². The fourth-order valence-electron chi connectivity index (χ4n) is 0.938. The molecule has 0 bridgehead atoms. The third-order valence-electron chi connectivity index (χ3n) is 1.71. The Balaban J connectivity index is 0.00000106. The van der Waals surface area contributed by atoms with Crippen molar-refractivity contribution in [3.05, 3.63) is 29.8 Å². The van der Waals surface area contributed by atoms with Crippen molar-refractivity contribution in [1.29, 1.82) is 5.26 Å². The molecule has 0 radical (unpaired) electrons. The zero-order chi connectivity index (χ0) is 12.4. The van der Waals surface area contributed by atoms with Gasteiger partial charge < -0.3 is 4.74 Å². The number of rotatable bonds is 4. The standard InChI is InChI=1S/C11H11NO2.C2H6/c1-9(13)6-7-14-11-4-2-10(8-12)3-5-11;1-2/h2-5H,6-7H2,1H3;1-2H3. The van der Waals surface area contributed by atoms with Gasteiger partial charge in [-0.05, 0) is 31.2 Å². The maximum atomic E-state index is 10.6. The molecule has 0 aromatic heterocycles. The van der Waals surface area contributed by atoms with Gasteiger partial charge in [0, 0.05) is 6.42 Å². The predicted molar refractivity (Wildman–Crippen MR) is 63.3 cm³/mol. The van der Waals surface area contributed by atoms with Crippen LogP contribution in [0.1, 0.15) is 32.8 Å². The van der Waals surface area contributed by atoms with Crippen LogP contribution in [0.3, 0.4) is 0 Å². The zero-order valence-corrected chi connectivity index (χ0v) is 9.99. The number of nitriles is 1. The average molecular weight is 219 g/mol. The van der Waals surface area contributed by atoms with Gasteiger partial charge in [-0.3, -0.25) is 4.79 Å². The van der Waals surface area contributed by atoms with E-state index in [1.807, 2.05) is 19.9 Å². The van der Waals surface area contributed by atoms with Crippen molar-refractivity contribution in [2.75, 3.05) is 6.61 Å². The molecule has 3 heteroatoms. The van der Waals surface area contributed by atoms with E-state index in [1.54, 1.807) is 24.3 Å². The van der Waals surface area contributed by atoms with Gasteiger partial charge in [0.15, 0.2) is 0 Å². The van der Waals surface area contributed by atoms with Crippen molar-refractivity contribution in [3.63, 3.8) is 0 Å². The Hall–Kier alpha value is -1.82. The van der Waals surface area contributed by atoms with E-state index in [9.17, 15) is 4.79 Å². The molecule has 0 fully saturated rings. The lowest BCUT2D eigenvalue weighted by atomic mass is 10.2. The lowest BCUT2D eigenvalue weighted by Crippen LogP contribution is -2.02. The predicted octanol–water partition coefficient (Wildman–Crippen LogP) is 2.94. The molecule has 0 saturated carbocycles. The molecule has 1 rings (SSSR count). The van der Waals surface area contributed by atoms with Crippen molar-refractivity contribution >= 4 is 5.78 Å². The van der Waals surface area contributed by atoms with E-state index in [4.69, 9.17) is 10.00 Å². The minimum atomic E-state index is 0.110. The van der Waals surface area contributed by atoms with Crippen LogP contribution in [0.25, 0.3) is 0 Å². The normalized spacial score (nSPS) is 8.38. The largest absolute Gasteiger partial charge is 0.493 e. The molecule has 0 spiro atoms. The number of hydrogen-bond acceptors (Lipinski definition) is 3. The molecule has 0 unspecified atom stereocenters. The van der Waals surface area contributed by atoms with Crippen molar-refractivity contribution in [1.82, 2.24) is 0 Å². The number of benzene rings is 1. The van der Waals surface area contributed by atoms with Gasteiger partial charge in [-0.15, -0.1) is 0 Å². The first-order valence-electron chi connectivity index (χ1n) is 5.35. The second kappa shape index (κ2) is 8.49. The average Bonchev–Trinajstić information content (AvgIpc) is 2.32. The van der Waals surface area contributed by atoms with E-state index >= 15 is 0 Å². The van der Waals surface area contributed by atoms with E-state index in [-0.39, 0.29) is 5.78 Å². The molecule has 0 aliphatic heterocycles. The molecule has 3 nitrogen and oxygen atoms in total. The summed E-state index contributed by atoms with van der Waals surface area (Å²) in [5.41, 5.74) is 0.601. The first-order valence-corrected chi connectivity index (χ1v) is 5.35. The number of ether oxygens (including phenoxy) is 1. The van der Waals surface area contributed by atoms with Gasteiger partial charge in [-0.2, -0.15) is 5.26 Å². The molecule has 0 aliphatic carbocycles. The van der Waals surface area contributed by atoms with Crippen LogP contribution in [0.2, 0.25) is 0 Å². The quantitative estimate of drug-likeness (QED) is 0.782. The maximum Gasteiger partial charge on any atom is 0.133 e. The third kappa shape index (κ3) is 5.82. The van der Waals surface area contributed by atoms with E-state index in [0.29, 0.717) is 24.3 Å². The van der Waals surface area contributed by atoms with E-state index in [0.717, 1.165) is 0 Å². The van der Waals surface area contributed by atoms with Crippen LogP contribution in [0.4, 0.5) is 0 Å². The molecule has 1 aromatic rings. The first-order chi connectivity index (χ1) is 7.72. The Morgan fingerprint density at radius 2 is 1.88 bits per heavy atom. The number of ketones is 1. The third-order valence-corrected chi connectivity index (χ3v) is 1.71. The molecular weight excluding hydrogens is 202 g/mol. The number of carbonyl (C=O) groups excluding carboxylic acids is 1. The Kier molecular flexibility index (Phi) is 7.52. The van der Waals surface area contributed by atoms with Gasteiger partial charge in [-0.25, -0.2) is 0 Å². The second-order valence-corrected chi connectivity index (χ2v) is 2.94. The van der Waals surface area contributed by atoms with Crippen LogP contribution >= 0.6 is 0 Å². The smallest absolute Gasteiger partial charge is 0.133 e. The molecule has 0 heterocycles. The highest BCUT2D eigenvalue weighted by atomic mass is 16.5. The highest BCUT2D eigenvalue weighted by molar-refractivity contribution is 5.75. The molecule has 16 heavy (non-hydrogen) atoms. The van der Waals surface area contributed by atoms with Crippen molar-refractivity contribution < 1.29 is 9.53 Å². The van der Waals surface area contributed by atoms with Crippen LogP contribution in [0, 0.1) is 11.3 Å². The summed E-state index contributed by atoms with van der Waals surface area (Å²) in [6, 6.07) is 8.83. The molecule has 0 saturated heterocycles. The van der Waals surface area contributed by atoms with Gasteiger partial charge in [-0.1, -0.05) is 13.8 Å². The number of nitrogens with zero attached hydrogens (tertiary/aromatic N) is 1. The minimum Gasteiger partial charge on any atom is -0.493 e. The summed E-state index contributed by atoms with van der Waals surface area (Å²) in [5.74, 6) is 0.795. The van der Waals surface area contributed by atoms with Crippen LogP contribution in [-0.4, -0.2) is 12.4 Å². The summed E-state index contributed by atoms with van der Waals surface area (Å²) < 4.78 is 5.29. The molecule has 86 valence electrons. The van der Waals surface area contributed by atoms with Gasteiger partial charge in [0.25, 0.3) is 0 Å². The molecule has 0 amide bonds. The Morgan fingerprint density at radius 3 is 2.31 bits per heavy atom. The van der Waals surface area contributed by atoms with Gasteiger partial charge in [0.1, 0.15) is 11.5 Å². The SMILES string of the molecule is CC.CC(=O)CCOc1ccc(C#N)cc1. The highest BCUT2D eigenvalue weighted by Crippen LogP contribution is 2.11. The molecule has 0 aliphatic rings. The summed E-state index contributed by atoms with van der Waals surface area (Å²) in [7, 11) is 0. The van der Waals surface area contributed by atoms with Crippen LogP contribution < -0.4 is 4.74 Å². The summed E-state index contributed by atoms with van der Waals surface area (Å²) in [4.78, 5) is 10.6. The van der Waals surface area contributed by atoms with Gasteiger partial charge in [0.05, 0.1) is 18.2 Å². The van der Waals surface area contributed by atoms with Crippen LogP contribution in [0.5, 0.6) is 5.75 Å². The summed E-state index contributed by atoms with van der Waals surface area (Å²) in [5, 5.41) is 8.54. The number of hydrogen-bond donors (Lipinski definition) is 0. The molecule has 1 aromatic carbocycles. The lowest BCUT2D eigenvalue weighted by Gasteiger charge is -2.03. The Labute approximate surface area is 96.7 Å². The van der Waals surface area contributed by atoms with Crippen LogP contribution in [-0.2, 0) is 4.79 Å². The van der Waals surface area contributed by atoms with Gasteiger partial charge in [0.2, 0.25) is 0 Å². The first kappa shape index (κ1) is 14.2. The van der Waals surface area contributed by atoms with Crippen molar-refractivity contribution in [3.8, 4) is 11.8 Å². The van der Waals surface area contributed by atoms with Crippen molar-refractivity contribution in [2.24, 2.45) is 0 Å². The van der Waals surface area contributed by atoms with E-state index in [2.05, 4.69) is 0 Å². The highest BCUT2D eigenvalue weighted by Gasteiger charge is 1.96. The monoisotopic (exact) mass is 219 g/mol. The fourth-order valence-corrected chi connectivity index (χ4v) is 0.938.